The SMILES string of the molecule is CC(C)c1nc(-c2ccc(Cl)cc2)nc(Cl)c1Br. The van der Waals surface area contributed by atoms with Gasteiger partial charge >= 0.3 is 0 Å². The van der Waals surface area contributed by atoms with E-state index in [4.69, 9.17) is 23.2 Å². The summed E-state index contributed by atoms with van der Waals surface area (Å²) in [6.07, 6.45) is 0. The molecule has 1 aromatic carbocycles. The molecule has 0 saturated carbocycles. The van der Waals surface area contributed by atoms with Crippen molar-refractivity contribution in [3.05, 3.63) is 44.6 Å². The lowest BCUT2D eigenvalue weighted by Gasteiger charge is -2.10. The lowest BCUT2D eigenvalue weighted by molar-refractivity contribution is 0.809. The lowest BCUT2D eigenvalue weighted by Crippen LogP contribution is -2.00. The fraction of sp³-hybridized carbons (Fsp3) is 0.231. The van der Waals surface area contributed by atoms with Gasteiger partial charge in [0, 0.05) is 10.6 Å². The van der Waals surface area contributed by atoms with E-state index in [0.29, 0.717) is 16.0 Å². The number of hydrogen-bond acceptors (Lipinski definition) is 2. The molecule has 0 spiro atoms. The number of halogens is 3. The van der Waals surface area contributed by atoms with E-state index in [-0.39, 0.29) is 5.92 Å². The molecular weight excluding hydrogens is 335 g/mol. The van der Waals surface area contributed by atoms with Gasteiger partial charge in [-0.05, 0) is 46.1 Å². The third-order valence-electron chi connectivity index (χ3n) is 2.49. The first-order chi connectivity index (χ1) is 8.49. The van der Waals surface area contributed by atoms with Gasteiger partial charge in [0.05, 0.1) is 10.2 Å². The molecule has 2 aromatic rings. The molecule has 0 amide bonds. The van der Waals surface area contributed by atoms with Gasteiger partial charge in [-0.2, -0.15) is 0 Å². The maximum Gasteiger partial charge on any atom is 0.161 e. The average Bonchev–Trinajstić information content (AvgIpc) is 2.33. The molecular formula is C13H11BrCl2N2. The zero-order chi connectivity index (χ0) is 13.3. The highest BCUT2D eigenvalue weighted by Crippen LogP contribution is 2.31. The van der Waals surface area contributed by atoms with Crippen LogP contribution in [0.3, 0.4) is 0 Å². The first-order valence-electron chi connectivity index (χ1n) is 5.48. The monoisotopic (exact) mass is 344 g/mol. The maximum absolute atomic E-state index is 6.12. The van der Waals surface area contributed by atoms with Crippen molar-refractivity contribution in [1.82, 2.24) is 9.97 Å². The largest absolute Gasteiger partial charge is 0.232 e. The molecule has 18 heavy (non-hydrogen) atoms. The molecule has 0 aliphatic heterocycles. The standard InChI is InChI=1S/C13H11BrCl2N2/c1-7(2)11-10(14)12(16)18-13(17-11)8-3-5-9(15)6-4-8/h3-7H,1-2H3. The molecule has 2 rings (SSSR count). The third kappa shape index (κ3) is 2.85. The minimum Gasteiger partial charge on any atom is -0.232 e. The Balaban J connectivity index is 2.55. The second kappa shape index (κ2) is 5.55. The van der Waals surface area contributed by atoms with Crippen molar-refractivity contribution in [1.29, 1.82) is 0 Å². The number of rotatable bonds is 2. The summed E-state index contributed by atoms with van der Waals surface area (Å²) in [6, 6.07) is 7.38. The molecule has 0 N–H and O–H groups in total. The Morgan fingerprint density at radius 3 is 2.22 bits per heavy atom. The zero-order valence-electron chi connectivity index (χ0n) is 9.92. The Kier molecular flexibility index (Phi) is 4.25. The molecule has 0 unspecified atom stereocenters. The van der Waals surface area contributed by atoms with Crippen LogP contribution in [0.1, 0.15) is 25.5 Å². The van der Waals surface area contributed by atoms with Crippen molar-refractivity contribution in [3.63, 3.8) is 0 Å². The third-order valence-corrected chi connectivity index (χ3v) is 4.02. The van der Waals surface area contributed by atoms with Crippen LogP contribution in [-0.2, 0) is 0 Å². The summed E-state index contributed by atoms with van der Waals surface area (Å²) < 4.78 is 0.761. The highest BCUT2D eigenvalue weighted by molar-refractivity contribution is 9.10. The minimum absolute atomic E-state index is 0.269. The van der Waals surface area contributed by atoms with E-state index in [1.165, 1.54) is 0 Å². The Morgan fingerprint density at radius 2 is 1.67 bits per heavy atom. The van der Waals surface area contributed by atoms with Gasteiger partial charge in [-0.25, -0.2) is 9.97 Å². The molecule has 0 saturated heterocycles. The van der Waals surface area contributed by atoms with Crippen molar-refractivity contribution in [2.45, 2.75) is 19.8 Å². The molecule has 0 fully saturated rings. The van der Waals surface area contributed by atoms with E-state index in [9.17, 15) is 0 Å². The summed E-state index contributed by atoms with van der Waals surface area (Å²) in [5, 5.41) is 1.12. The molecule has 5 heteroatoms. The summed E-state index contributed by atoms with van der Waals surface area (Å²) in [4.78, 5) is 8.83. The first kappa shape index (κ1) is 13.8. The van der Waals surface area contributed by atoms with Crippen LogP contribution < -0.4 is 0 Å². The molecule has 0 radical (unpaired) electrons. The van der Waals surface area contributed by atoms with Crippen molar-refractivity contribution < 1.29 is 0 Å². The van der Waals surface area contributed by atoms with Gasteiger partial charge in [0.1, 0.15) is 5.15 Å². The zero-order valence-corrected chi connectivity index (χ0v) is 13.0. The first-order valence-corrected chi connectivity index (χ1v) is 7.03. The van der Waals surface area contributed by atoms with E-state index in [1.54, 1.807) is 0 Å². The summed E-state index contributed by atoms with van der Waals surface area (Å²) in [5.41, 5.74) is 1.80. The Hall–Kier alpha value is -0.640. The van der Waals surface area contributed by atoms with Crippen LogP contribution in [0.4, 0.5) is 0 Å². The molecule has 0 bridgehead atoms. The molecule has 0 aliphatic rings. The van der Waals surface area contributed by atoms with Crippen LogP contribution in [0.5, 0.6) is 0 Å². The second-order valence-electron chi connectivity index (χ2n) is 4.20. The summed E-state index contributed by atoms with van der Waals surface area (Å²) in [5.74, 6) is 0.884. The fourth-order valence-electron chi connectivity index (χ4n) is 1.55. The minimum atomic E-state index is 0.269. The van der Waals surface area contributed by atoms with Crippen LogP contribution in [0.25, 0.3) is 11.4 Å². The van der Waals surface area contributed by atoms with Crippen molar-refractivity contribution >= 4 is 39.1 Å². The van der Waals surface area contributed by atoms with E-state index >= 15 is 0 Å². The van der Waals surface area contributed by atoms with Crippen molar-refractivity contribution in [2.24, 2.45) is 0 Å². The van der Waals surface area contributed by atoms with Gasteiger partial charge in [-0.15, -0.1) is 0 Å². The highest BCUT2D eigenvalue weighted by Gasteiger charge is 2.14. The van der Waals surface area contributed by atoms with E-state index in [1.807, 2.05) is 24.3 Å². The molecule has 94 valence electrons. The number of hydrogen-bond donors (Lipinski definition) is 0. The van der Waals surface area contributed by atoms with Crippen molar-refractivity contribution in [3.8, 4) is 11.4 Å². The van der Waals surface area contributed by atoms with Crippen LogP contribution >= 0.6 is 39.1 Å². The van der Waals surface area contributed by atoms with Gasteiger partial charge in [-0.1, -0.05) is 37.0 Å². The molecule has 1 heterocycles. The molecule has 2 nitrogen and oxygen atoms in total. The Bertz CT molecular complexity index is 568. The molecule has 0 aliphatic carbocycles. The fourth-order valence-corrected chi connectivity index (χ4v) is 2.48. The summed E-state index contributed by atoms with van der Waals surface area (Å²) >= 11 is 15.4. The predicted octanol–water partition coefficient (Wildman–Crippen LogP) is 5.34. The van der Waals surface area contributed by atoms with Gasteiger partial charge in [0.2, 0.25) is 0 Å². The smallest absolute Gasteiger partial charge is 0.161 e. The Morgan fingerprint density at radius 1 is 1.06 bits per heavy atom. The van der Waals surface area contributed by atoms with E-state index < -0.39 is 0 Å². The normalized spacial score (nSPS) is 11.0. The van der Waals surface area contributed by atoms with Crippen LogP contribution in [0, 0.1) is 0 Å². The van der Waals surface area contributed by atoms with Crippen LogP contribution in [0.15, 0.2) is 28.7 Å². The van der Waals surface area contributed by atoms with Gasteiger partial charge in [0.25, 0.3) is 0 Å². The van der Waals surface area contributed by atoms with Crippen molar-refractivity contribution in [2.75, 3.05) is 0 Å². The summed E-state index contributed by atoms with van der Waals surface area (Å²) in [7, 11) is 0. The molecule has 0 atom stereocenters. The van der Waals surface area contributed by atoms with Gasteiger partial charge < -0.3 is 0 Å². The van der Waals surface area contributed by atoms with Gasteiger partial charge in [-0.3, -0.25) is 0 Å². The topological polar surface area (TPSA) is 25.8 Å². The Labute approximate surface area is 124 Å². The second-order valence-corrected chi connectivity index (χ2v) is 5.79. The lowest BCUT2D eigenvalue weighted by atomic mass is 10.1. The quantitative estimate of drug-likeness (QED) is 0.687. The number of benzene rings is 1. The summed E-state index contributed by atoms with van der Waals surface area (Å²) in [6.45, 7) is 4.13. The van der Waals surface area contributed by atoms with E-state index in [0.717, 1.165) is 15.7 Å². The van der Waals surface area contributed by atoms with Gasteiger partial charge in [0.15, 0.2) is 5.82 Å². The maximum atomic E-state index is 6.12. The highest BCUT2D eigenvalue weighted by atomic mass is 79.9. The molecule has 1 aromatic heterocycles. The number of nitrogens with zero attached hydrogens (tertiary/aromatic N) is 2. The predicted molar refractivity (Wildman–Crippen MR) is 79.3 cm³/mol. The van der Waals surface area contributed by atoms with Crippen LogP contribution in [0.2, 0.25) is 10.2 Å². The average molecular weight is 346 g/mol. The number of aromatic nitrogens is 2. The van der Waals surface area contributed by atoms with E-state index in [2.05, 4.69) is 39.7 Å². The van der Waals surface area contributed by atoms with Crippen LogP contribution in [-0.4, -0.2) is 9.97 Å².